The molecular formula is C9H7BrF3NO3. The summed E-state index contributed by atoms with van der Waals surface area (Å²) >= 11 is 3.01. The van der Waals surface area contributed by atoms with Crippen molar-refractivity contribution in [3.8, 4) is 5.75 Å². The van der Waals surface area contributed by atoms with E-state index in [0.717, 1.165) is 12.1 Å². The minimum absolute atomic E-state index is 0.233. The minimum atomic E-state index is -4.78. The van der Waals surface area contributed by atoms with E-state index in [4.69, 9.17) is 5.73 Å². The van der Waals surface area contributed by atoms with E-state index in [-0.39, 0.29) is 6.61 Å². The first kappa shape index (κ1) is 13.6. The number of nitrogens with two attached hydrogens (primary N) is 1. The average molecular weight is 314 g/mol. The lowest BCUT2D eigenvalue weighted by atomic mass is 10.2. The Morgan fingerprint density at radius 1 is 1.35 bits per heavy atom. The monoisotopic (exact) mass is 313 g/mol. The summed E-state index contributed by atoms with van der Waals surface area (Å²) in [4.78, 5) is 10.3. The normalized spacial score (nSPS) is 11.1. The van der Waals surface area contributed by atoms with Gasteiger partial charge in [-0.3, -0.25) is 0 Å². The second-order valence-electron chi connectivity index (χ2n) is 2.95. The van der Waals surface area contributed by atoms with Gasteiger partial charge < -0.3 is 15.2 Å². The van der Waals surface area contributed by atoms with Crippen LogP contribution in [-0.2, 0) is 11.3 Å². The van der Waals surface area contributed by atoms with Crippen LogP contribution < -0.4 is 10.5 Å². The van der Waals surface area contributed by atoms with E-state index in [1.165, 1.54) is 6.07 Å². The van der Waals surface area contributed by atoms with Crippen LogP contribution in [0.5, 0.6) is 5.75 Å². The number of carbonyl (C=O) groups excluding carboxylic acids is 1. The Morgan fingerprint density at radius 3 is 2.53 bits per heavy atom. The van der Waals surface area contributed by atoms with Crippen LogP contribution in [0, 0.1) is 0 Å². The Kier molecular flexibility index (Phi) is 4.22. The van der Waals surface area contributed by atoms with Crippen molar-refractivity contribution in [1.29, 1.82) is 0 Å². The number of rotatable bonds is 3. The van der Waals surface area contributed by atoms with Crippen molar-refractivity contribution in [1.82, 2.24) is 0 Å². The van der Waals surface area contributed by atoms with Gasteiger partial charge in [0.15, 0.2) is 0 Å². The van der Waals surface area contributed by atoms with Gasteiger partial charge in [-0.05, 0) is 23.8 Å². The molecular weight excluding hydrogens is 307 g/mol. The Hall–Kier alpha value is -1.44. The highest BCUT2D eigenvalue weighted by Gasteiger charge is 2.31. The molecule has 0 unspecified atom stereocenters. The fraction of sp³-hybridized carbons (Fsp3) is 0.222. The smallest absolute Gasteiger partial charge is 0.445 e. The van der Waals surface area contributed by atoms with Gasteiger partial charge in [-0.1, -0.05) is 15.9 Å². The summed E-state index contributed by atoms with van der Waals surface area (Å²) < 4.78 is 44.5. The Labute approximate surface area is 103 Å². The van der Waals surface area contributed by atoms with E-state index in [9.17, 15) is 18.0 Å². The first-order chi connectivity index (χ1) is 7.76. The largest absolute Gasteiger partial charge is 0.573 e. The fourth-order valence-corrected chi connectivity index (χ4v) is 1.57. The van der Waals surface area contributed by atoms with Gasteiger partial charge in [0, 0.05) is 4.47 Å². The second kappa shape index (κ2) is 5.26. The summed E-state index contributed by atoms with van der Waals surface area (Å²) in [7, 11) is 0. The summed E-state index contributed by atoms with van der Waals surface area (Å²) in [6.45, 7) is -0.233. The maximum atomic E-state index is 12.0. The molecule has 0 aliphatic rings. The van der Waals surface area contributed by atoms with Crippen molar-refractivity contribution in [3.63, 3.8) is 0 Å². The summed E-state index contributed by atoms with van der Waals surface area (Å²) in [6.07, 6.45) is -5.79. The lowest BCUT2D eigenvalue weighted by molar-refractivity contribution is -0.274. The average Bonchev–Trinajstić information content (AvgIpc) is 2.10. The lowest BCUT2D eigenvalue weighted by Crippen LogP contribution is -2.17. The first-order valence-electron chi connectivity index (χ1n) is 4.24. The molecule has 1 aromatic rings. The number of ether oxygens (including phenoxy) is 2. The van der Waals surface area contributed by atoms with Crippen molar-refractivity contribution >= 4 is 22.0 Å². The van der Waals surface area contributed by atoms with E-state index in [1.54, 1.807) is 0 Å². The highest BCUT2D eigenvalue weighted by molar-refractivity contribution is 9.10. The Balaban J connectivity index is 2.83. The molecule has 0 radical (unpaired) electrons. The number of carbonyl (C=O) groups is 1. The quantitative estimate of drug-likeness (QED) is 0.933. The number of amides is 1. The van der Waals surface area contributed by atoms with Crippen molar-refractivity contribution in [2.45, 2.75) is 13.0 Å². The summed E-state index contributed by atoms with van der Waals surface area (Å²) in [6, 6.07) is 3.72. The van der Waals surface area contributed by atoms with Crippen LogP contribution in [0.25, 0.3) is 0 Å². The molecule has 0 saturated carbocycles. The molecule has 4 nitrogen and oxygen atoms in total. The van der Waals surface area contributed by atoms with E-state index >= 15 is 0 Å². The van der Waals surface area contributed by atoms with Gasteiger partial charge in [0.25, 0.3) is 0 Å². The van der Waals surface area contributed by atoms with E-state index in [2.05, 4.69) is 25.4 Å². The van der Waals surface area contributed by atoms with Gasteiger partial charge in [0.05, 0.1) is 0 Å². The molecule has 0 aliphatic carbocycles. The molecule has 0 atom stereocenters. The molecule has 0 saturated heterocycles. The van der Waals surface area contributed by atoms with Crippen LogP contribution in [0.3, 0.4) is 0 Å². The first-order valence-corrected chi connectivity index (χ1v) is 5.03. The molecule has 17 heavy (non-hydrogen) atoms. The maximum Gasteiger partial charge on any atom is 0.573 e. The predicted octanol–water partition coefficient (Wildman–Crippen LogP) is 2.94. The van der Waals surface area contributed by atoms with Gasteiger partial charge in [0.1, 0.15) is 12.4 Å². The van der Waals surface area contributed by atoms with E-state index in [1.807, 2.05) is 0 Å². The Morgan fingerprint density at radius 2 is 2.00 bits per heavy atom. The van der Waals surface area contributed by atoms with Gasteiger partial charge in [-0.25, -0.2) is 4.79 Å². The third-order valence-corrected chi connectivity index (χ3v) is 2.00. The minimum Gasteiger partial charge on any atom is -0.445 e. The number of benzene rings is 1. The van der Waals surface area contributed by atoms with Crippen molar-refractivity contribution in [3.05, 3.63) is 28.2 Å². The maximum absolute atomic E-state index is 12.0. The number of alkyl halides is 3. The van der Waals surface area contributed by atoms with Crippen molar-refractivity contribution in [2.75, 3.05) is 0 Å². The molecule has 2 N–H and O–H groups in total. The van der Waals surface area contributed by atoms with Gasteiger partial charge >= 0.3 is 12.5 Å². The standard InChI is InChI=1S/C9H7BrF3NO3/c10-6-1-5(4-16-8(14)15)2-7(3-6)17-9(11,12)13/h1-3H,4H2,(H2,14,15). The van der Waals surface area contributed by atoms with Crippen molar-refractivity contribution in [2.24, 2.45) is 5.73 Å². The number of hydrogen-bond donors (Lipinski definition) is 1. The zero-order valence-corrected chi connectivity index (χ0v) is 9.84. The molecule has 0 fully saturated rings. The molecule has 1 amide bonds. The summed E-state index contributed by atoms with van der Waals surface area (Å²) in [5.74, 6) is -0.407. The van der Waals surface area contributed by atoms with E-state index < -0.39 is 18.2 Å². The van der Waals surface area contributed by atoms with Gasteiger partial charge in [0.2, 0.25) is 0 Å². The Bertz CT molecular complexity index is 422. The molecule has 0 bridgehead atoms. The van der Waals surface area contributed by atoms with Gasteiger partial charge in [-0.2, -0.15) is 0 Å². The third kappa shape index (κ3) is 5.43. The molecule has 0 spiro atoms. The second-order valence-corrected chi connectivity index (χ2v) is 3.87. The zero-order valence-electron chi connectivity index (χ0n) is 8.25. The zero-order chi connectivity index (χ0) is 13.1. The van der Waals surface area contributed by atoms with Crippen LogP contribution in [0.4, 0.5) is 18.0 Å². The molecule has 94 valence electrons. The van der Waals surface area contributed by atoms with Crippen LogP contribution >= 0.6 is 15.9 Å². The molecule has 1 rings (SSSR count). The molecule has 0 aliphatic heterocycles. The van der Waals surface area contributed by atoms with Crippen LogP contribution in [0.2, 0.25) is 0 Å². The fourth-order valence-electron chi connectivity index (χ4n) is 1.05. The number of halogens is 4. The topological polar surface area (TPSA) is 61.6 Å². The summed E-state index contributed by atoms with van der Waals surface area (Å²) in [5, 5.41) is 0. The SMILES string of the molecule is NC(=O)OCc1cc(Br)cc(OC(F)(F)F)c1. The van der Waals surface area contributed by atoms with Gasteiger partial charge in [-0.15, -0.1) is 13.2 Å². The lowest BCUT2D eigenvalue weighted by Gasteiger charge is -2.10. The van der Waals surface area contributed by atoms with E-state index in [0.29, 0.717) is 10.0 Å². The highest BCUT2D eigenvalue weighted by Crippen LogP contribution is 2.27. The molecule has 0 aromatic heterocycles. The third-order valence-electron chi connectivity index (χ3n) is 1.55. The van der Waals surface area contributed by atoms with Crippen LogP contribution in [0.15, 0.2) is 22.7 Å². The molecule has 1 aromatic carbocycles. The number of hydrogen-bond acceptors (Lipinski definition) is 3. The summed E-state index contributed by atoms with van der Waals surface area (Å²) in [5.41, 5.74) is 5.05. The van der Waals surface area contributed by atoms with Crippen molar-refractivity contribution < 1.29 is 27.4 Å². The predicted molar refractivity (Wildman–Crippen MR) is 55.2 cm³/mol. The van der Waals surface area contributed by atoms with Crippen LogP contribution in [0.1, 0.15) is 5.56 Å². The highest BCUT2D eigenvalue weighted by atomic mass is 79.9. The number of primary amides is 1. The van der Waals surface area contributed by atoms with Crippen LogP contribution in [-0.4, -0.2) is 12.5 Å². The molecule has 8 heteroatoms. The molecule has 0 heterocycles.